The van der Waals surface area contributed by atoms with E-state index in [0.29, 0.717) is 5.92 Å². The van der Waals surface area contributed by atoms with E-state index in [2.05, 4.69) is 11.8 Å². The van der Waals surface area contributed by atoms with Crippen molar-refractivity contribution in [1.29, 1.82) is 0 Å². The Bertz CT molecular complexity index is 193. The summed E-state index contributed by atoms with van der Waals surface area (Å²) in [6.07, 6.45) is 2.44. The van der Waals surface area contributed by atoms with Gasteiger partial charge in [-0.1, -0.05) is 12.8 Å². The van der Waals surface area contributed by atoms with Crippen LogP contribution < -0.4 is 0 Å². The number of hydrogen-bond acceptors (Lipinski definition) is 1. The fourth-order valence-corrected chi connectivity index (χ4v) is 0.890. The van der Waals surface area contributed by atoms with E-state index in [1.165, 1.54) is 12.8 Å². The minimum atomic E-state index is -1.02. The van der Waals surface area contributed by atoms with E-state index in [1.54, 1.807) is 0 Å². The van der Waals surface area contributed by atoms with Gasteiger partial charge in [0.25, 0.3) is 0 Å². The second-order valence-corrected chi connectivity index (χ2v) is 2.70. The van der Waals surface area contributed by atoms with Gasteiger partial charge in [-0.25, -0.2) is 4.79 Å². The molecule has 0 bridgehead atoms. The molecule has 0 heterocycles. The first-order valence-corrected chi connectivity index (χ1v) is 3.44. The van der Waals surface area contributed by atoms with Crippen molar-refractivity contribution in [2.45, 2.75) is 19.8 Å². The summed E-state index contributed by atoms with van der Waals surface area (Å²) >= 11 is 0. The van der Waals surface area contributed by atoms with Crippen molar-refractivity contribution in [1.82, 2.24) is 0 Å². The molecule has 10 heavy (non-hydrogen) atoms. The highest BCUT2D eigenvalue weighted by atomic mass is 16.4. The maximum absolute atomic E-state index is 9.97. The van der Waals surface area contributed by atoms with E-state index >= 15 is 0 Å². The predicted octanol–water partition coefficient (Wildman–Crippen LogP) is 1.12. The van der Waals surface area contributed by atoms with Crippen LogP contribution in [0.15, 0.2) is 0 Å². The molecular formula is C8H10O2. The molecule has 54 valence electrons. The van der Waals surface area contributed by atoms with Gasteiger partial charge in [-0.15, -0.1) is 0 Å². The zero-order valence-electron chi connectivity index (χ0n) is 5.92. The summed E-state index contributed by atoms with van der Waals surface area (Å²) in [6, 6.07) is 0. The fraction of sp³-hybridized carbons (Fsp3) is 0.625. The molecule has 2 nitrogen and oxygen atoms in total. The number of aliphatic carboxylic acids is 1. The standard InChI is InChI=1S/C8H10O2/c1-6(7-3-4-7)2-5-8(9)10/h6-7H,3-4H2,1H3,(H,9,10). The molecular weight excluding hydrogens is 128 g/mol. The van der Waals surface area contributed by atoms with Crippen molar-refractivity contribution in [2.24, 2.45) is 11.8 Å². The SMILES string of the molecule is CC(C#CC(=O)O)C1CC1. The van der Waals surface area contributed by atoms with Crippen LogP contribution in [0.5, 0.6) is 0 Å². The average Bonchev–Trinajstić information content (AvgIpc) is 2.63. The number of carboxylic acid groups (broad SMARTS) is 1. The molecule has 0 aromatic carbocycles. The van der Waals surface area contributed by atoms with E-state index in [9.17, 15) is 4.79 Å². The molecule has 0 saturated heterocycles. The quantitative estimate of drug-likeness (QED) is 0.551. The molecule has 0 aromatic rings. The maximum Gasteiger partial charge on any atom is 0.381 e. The second kappa shape index (κ2) is 2.74. The number of hydrogen-bond donors (Lipinski definition) is 1. The Morgan fingerprint density at radius 2 is 2.30 bits per heavy atom. The highest BCUT2D eigenvalue weighted by molar-refractivity contribution is 5.86. The van der Waals surface area contributed by atoms with Crippen molar-refractivity contribution < 1.29 is 9.90 Å². The summed E-state index contributed by atoms with van der Waals surface area (Å²) in [6.45, 7) is 1.98. The molecule has 1 aliphatic rings. The van der Waals surface area contributed by atoms with Crippen LogP contribution in [0.1, 0.15) is 19.8 Å². The van der Waals surface area contributed by atoms with Crippen LogP contribution in [-0.2, 0) is 4.79 Å². The normalized spacial score (nSPS) is 18.9. The smallest absolute Gasteiger partial charge is 0.381 e. The van der Waals surface area contributed by atoms with Gasteiger partial charge in [-0.2, -0.15) is 0 Å². The summed E-state index contributed by atoms with van der Waals surface area (Å²) in [5.74, 6) is 4.75. The van der Waals surface area contributed by atoms with Crippen molar-refractivity contribution in [3.8, 4) is 11.8 Å². The van der Waals surface area contributed by atoms with Crippen LogP contribution in [0.3, 0.4) is 0 Å². The second-order valence-electron chi connectivity index (χ2n) is 2.70. The van der Waals surface area contributed by atoms with Crippen LogP contribution in [0.2, 0.25) is 0 Å². The summed E-state index contributed by atoms with van der Waals surface area (Å²) in [5.41, 5.74) is 0. The van der Waals surface area contributed by atoms with Gasteiger partial charge in [0.1, 0.15) is 0 Å². The lowest BCUT2D eigenvalue weighted by Crippen LogP contribution is -1.94. The van der Waals surface area contributed by atoms with Gasteiger partial charge >= 0.3 is 5.97 Å². The lowest BCUT2D eigenvalue weighted by Gasteiger charge is -1.95. The maximum atomic E-state index is 9.97. The Morgan fingerprint density at radius 1 is 1.70 bits per heavy atom. The predicted molar refractivity (Wildman–Crippen MR) is 37.3 cm³/mol. The lowest BCUT2D eigenvalue weighted by molar-refractivity contribution is -0.130. The van der Waals surface area contributed by atoms with Crippen LogP contribution in [0.4, 0.5) is 0 Å². The molecule has 0 radical (unpaired) electrons. The van der Waals surface area contributed by atoms with E-state index in [4.69, 9.17) is 5.11 Å². The van der Waals surface area contributed by atoms with Gasteiger partial charge in [-0.05, 0) is 18.8 Å². The zero-order chi connectivity index (χ0) is 7.56. The summed E-state index contributed by atoms with van der Waals surface area (Å²) < 4.78 is 0. The number of rotatable bonds is 1. The summed E-state index contributed by atoms with van der Waals surface area (Å²) in [5, 5.41) is 8.19. The first-order chi connectivity index (χ1) is 4.70. The Morgan fingerprint density at radius 3 is 2.70 bits per heavy atom. The van der Waals surface area contributed by atoms with Crippen molar-refractivity contribution in [3.05, 3.63) is 0 Å². The average molecular weight is 138 g/mol. The molecule has 0 amide bonds. The van der Waals surface area contributed by atoms with Crippen LogP contribution in [0, 0.1) is 23.7 Å². The van der Waals surface area contributed by atoms with E-state index in [-0.39, 0.29) is 5.92 Å². The number of carbonyl (C=O) groups is 1. The molecule has 0 aliphatic heterocycles. The highest BCUT2D eigenvalue weighted by Gasteiger charge is 2.26. The first kappa shape index (κ1) is 7.14. The van der Waals surface area contributed by atoms with Crippen LogP contribution in [-0.4, -0.2) is 11.1 Å². The molecule has 1 atom stereocenters. The molecule has 1 N–H and O–H groups in total. The lowest BCUT2D eigenvalue weighted by atomic mass is 10.1. The summed E-state index contributed by atoms with van der Waals surface area (Å²) in [7, 11) is 0. The van der Waals surface area contributed by atoms with Gasteiger partial charge in [0.05, 0.1) is 0 Å². The molecule has 2 heteroatoms. The van der Waals surface area contributed by atoms with Gasteiger partial charge < -0.3 is 5.11 Å². The first-order valence-electron chi connectivity index (χ1n) is 3.44. The third-order valence-electron chi connectivity index (χ3n) is 1.74. The van der Waals surface area contributed by atoms with Gasteiger partial charge in [0.2, 0.25) is 0 Å². The van der Waals surface area contributed by atoms with Gasteiger partial charge in [-0.3, -0.25) is 0 Å². The van der Waals surface area contributed by atoms with Gasteiger partial charge in [0.15, 0.2) is 0 Å². The van der Waals surface area contributed by atoms with E-state index < -0.39 is 5.97 Å². The molecule has 1 unspecified atom stereocenters. The Balaban J connectivity index is 2.36. The molecule has 1 fully saturated rings. The molecule has 0 spiro atoms. The Kier molecular flexibility index (Phi) is 1.96. The monoisotopic (exact) mass is 138 g/mol. The van der Waals surface area contributed by atoms with Gasteiger partial charge in [0, 0.05) is 11.8 Å². The third kappa shape index (κ3) is 2.10. The van der Waals surface area contributed by atoms with Crippen molar-refractivity contribution in [3.63, 3.8) is 0 Å². The highest BCUT2D eigenvalue weighted by Crippen LogP contribution is 2.35. The molecule has 1 saturated carbocycles. The van der Waals surface area contributed by atoms with Crippen LogP contribution in [0.25, 0.3) is 0 Å². The Hall–Kier alpha value is -0.970. The van der Waals surface area contributed by atoms with E-state index in [1.807, 2.05) is 6.92 Å². The fourth-order valence-electron chi connectivity index (χ4n) is 0.890. The van der Waals surface area contributed by atoms with Crippen LogP contribution >= 0.6 is 0 Å². The molecule has 1 aliphatic carbocycles. The third-order valence-corrected chi connectivity index (χ3v) is 1.74. The van der Waals surface area contributed by atoms with Crippen molar-refractivity contribution >= 4 is 5.97 Å². The Labute approximate surface area is 60.2 Å². The molecule has 0 aromatic heterocycles. The minimum absolute atomic E-state index is 0.274. The largest absolute Gasteiger partial charge is 0.472 e. The number of carboxylic acids is 1. The minimum Gasteiger partial charge on any atom is -0.472 e. The van der Waals surface area contributed by atoms with Crippen molar-refractivity contribution in [2.75, 3.05) is 0 Å². The molecule has 1 rings (SSSR count). The summed E-state index contributed by atoms with van der Waals surface area (Å²) in [4.78, 5) is 9.97. The topological polar surface area (TPSA) is 37.3 Å². The van der Waals surface area contributed by atoms with E-state index in [0.717, 1.165) is 0 Å². The zero-order valence-corrected chi connectivity index (χ0v) is 5.92.